The van der Waals surface area contributed by atoms with Crippen LogP contribution in [0.3, 0.4) is 0 Å². The number of hydrogen-bond acceptors (Lipinski definition) is 4. The largest absolute Gasteiger partial charge is 0.506 e. The van der Waals surface area contributed by atoms with E-state index in [2.05, 4.69) is 201 Å². The SMILES string of the molecule is CC(C)(c1ccccc1)c1cc(S[C@@H]2CCCC[C@H]2Sc2cc(C(C)(C)c3ccccc3)cc(C(C)(C)c3ccccc3)c2O)c(O)c(C(C)(C)c2ccccc2)c1. The Hall–Kier alpha value is -4.38. The summed E-state index contributed by atoms with van der Waals surface area (Å²) in [4.78, 5) is 1.87. The van der Waals surface area contributed by atoms with Crippen LogP contribution in [0.5, 0.6) is 11.5 Å². The molecule has 1 aliphatic carbocycles. The summed E-state index contributed by atoms with van der Waals surface area (Å²) >= 11 is 3.67. The van der Waals surface area contributed by atoms with E-state index in [1.165, 1.54) is 33.4 Å². The zero-order valence-corrected chi connectivity index (χ0v) is 37.2. The van der Waals surface area contributed by atoms with Gasteiger partial charge < -0.3 is 10.2 Å². The summed E-state index contributed by atoms with van der Waals surface area (Å²) in [6.07, 6.45) is 4.38. The van der Waals surface area contributed by atoms with Gasteiger partial charge in [0.2, 0.25) is 0 Å². The van der Waals surface area contributed by atoms with Crippen LogP contribution in [-0.2, 0) is 21.7 Å². The number of hydrogen-bond donors (Lipinski definition) is 2. The topological polar surface area (TPSA) is 40.5 Å². The predicted octanol–water partition coefficient (Wildman–Crippen LogP) is 14.6. The Bertz CT molecular complexity index is 2150. The third-order valence-electron chi connectivity index (χ3n) is 13.1. The van der Waals surface area contributed by atoms with E-state index in [-0.39, 0.29) is 21.3 Å². The molecule has 6 aromatic carbocycles. The van der Waals surface area contributed by atoms with Gasteiger partial charge >= 0.3 is 0 Å². The van der Waals surface area contributed by atoms with Crippen molar-refractivity contribution in [2.45, 2.75) is 123 Å². The van der Waals surface area contributed by atoms with Crippen LogP contribution in [0.4, 0.5) is 0 Å². The molecule has 0 spiro atoms. The van der Waals surface area contributed by atoms with Crippen molar-refractivity contribution in [3.05, 3.63) is 190 Å². The van der Waals surface area contributed by atoms with Crippen molar-refractivity contribution in [1.29, 1.82) is 0 Å². The van der Waals surface area contributed by atoms with E-state index in [0.717, 1.165) is 46.6 Å². The molecule has 6 aromatic rings. The number of thioether (sulfide) groups is 2. The fraction of sp³-hybridized carbons (Fsp3) is 0.333. The summed E-state index contributed by atoms with van der Waals surface area (Å²) in [5.41, 5.74) is 7.69. The molecule has 2 N–H and O–H groups in total. The van der Waals surface area contributed by atoms with Crippen LogP contribution in [0.1, 0.15) is 126 Å². The molecule has 0 radical (unpaired) electrons. The van der Waals surface area contributed by atoms with Gasteiger partial charge in [0.1, 0.15) is 11.5 Å². The van der Waals surface area contributed by atoms with Gasteiger partial charge in [-0.15, -0.1) is 23.5 Å². The van der Waals surface area contributed by atoms with E-state index >= 15 is 0 Å². The first-order chi connectivity index (χ1) is 27.6. The first-order valence-electron chi connectivity index (χ1n) is 20.9. The van der Waals surface area contributed by atoms with Gasteiger partial charge in [0.15, 0.2) is 0 Å². The minimum absolute atomic E-state index is 0.239. The summed E-state index contributed by atoms with van der Waals surface area (Å²) < 4.78 is 0. The molecule has 0 bridgehead atoms. The van der Waals surface area contributed by atoms with Crippen molar-refractivity contribution in [3.63, 3.8) is 0 Å². The first-order valence-corrected chi connectivity index (χ1v) is 22.7. The van der Waals surface area contributed by atoms with Crippen molar-refractivity contribution in [3.8, 4) is 11.5 Å². The van der Waals surface area contributed by atoms with Gasteiger partial charge in [-0.05, 0) is 58.4 Å². The highest BCUT2D eigenvalue weighted by Crippen LogP contribution is 2.52. The number of benzene rings is 6. The van der Waals surface area contributed by atoms with Crippen LogP contribution in [0.15, 0.2) is 155 Å². The normalized spacial score (nSPS) is 16.6. The number of aromatic hydroxyl groups is 2. The lowest BCUT2D eigenvalue weighted by molar-refractivity contribution is 0.436. The standard InChI is InChI=1S/C54H60O2S2/c1-51(2,37-23-13-9-14-24-37)41-33-43(53(5,6)39-27-17-11-18-28-39)49(55)47(35-41)57-45-31-21-22-32-46(45)58-48-36-42(52(3,4)38-25-15-10-16-26-38)34-44(50(48)56)54(7,8)40-29-19-12-20-30-40/h9-20,23-30,33-36,45-46,55-56H,21-22,31-32H2,1-8H3/t45-,46-/m1/s1. The second kappa shape index (κ2) is 16.7. The van der Waals surface area contributed by atoms with Gasteiger partial charge in [0, 0.05) is 43.3 Å². The molecule has 1 aliphatic rings. The van der Waals surface area contributed by atoms with Crippen molar-refractivity contribution >= 4 is 23.5 Å². The Morgan fingerprint density at radius 2 is 0.655 bits per heavy atom. The Morgan fingerprint density at radius 1 is 0.379 bits per heavy atom. The first kappa shape index (κ1) is 41.8. The molecule has 2 atom stereocenters. The van der Waals surface area contributed by atoms with Crippen molar-refractivity contribution in [1.82, 2.24) is 0 Å². The average molecular weight is 805 g/mol. The van der Waals surface area contributed by atoms with Gasteiger partial charge in [-0.2, -0.15) is 0 Å². The van der Waals surface area contributed by atoms with Crippen molar-refractivity contribution < 1.29 is 10.2 Å². The molecule has 0 unspecified atom stereocenters. The van der Waals surface area contributed by atoms with Crippen LogP contribution in [-0.4, -0.2) is 20.7 Å². The lowest BCUT2D eigenvalue weighted by Gasteiger charge is -2.35. The van der Waals surface area contributed by atoms with E-state index in [1.54, 1.807) is 0 Å². The number of phenolic OH excluding ortho intramolecular Hbond substituents is 2. The maximum absolute atomic E-state index is 12.4. The van der Waals surface area contributed by atoms with Crippen LogP contribution >= 0.6 is 23.5 Å². The Balaban J connectivity index is 1.31. The molecule has 1 fully saturated rings. The molecule has 1 saturated carbocycles. The lowest BCUT2D eigenvalue weighted by atomic mass is 9.73. The van der Waals surface area contributed by atoms with E-state index in [0.29, 0.717) is 11.5 Å². The monoisotopic (exact) mass is 804 g/mol. The van der Waals surface area contributed by atoms with Crippen LogP contribution < -0.4 is 0 Å². The van der Waals surface area contributed by atoms with Gasteiger partial charge in [-0.3, -0.25) is 0 Å². The molecule has 58 heavy (non-hydrogen) atoms. The summed E-state index contributed by atoms with van der Waals surface area (Å²) in [5, 5.41) is 25.3. The maximum Gasteiger partial charge on any atom is 0.133 e. The van der Waals surface area contributed by atoms with Crippen LogP contribution in [0.2, 0.25) is 0 Å². The molecule has 4 heteroatoms. The summed E-state index contributed by atoms with van der Waals surface area (Å²) in [6.45, 7) is 18.1. The molecule has 0 amide bonds. The fourth-order valence-corrected chi connectivity index (χ4v) is 11.8. The molecule has 0 saturated heterocycles. The smallest absolute Gasteiger partial charge is 0.133 e. The van der Waals surface area contributed by atoms with E-state index in [4.69, 9.17) is 0 Å². The maximum atomic E-state index is 12.4. The molecular formula is C54H60O2S2. The van der Waals surface area contributed by atoms with E-state index in [9.17, 15) is 10.2 Å². The van der Waals surface area contributed by atoms with Gasteiger partial charge in [-0.25, -0.2) is 0 Å². The Kier molecular flexibility index (Phi) is 12.0. The quantitative estimate of drug-likeness (QED) is 0.129. The van der Waals surface area contributed by atoms with Gasteiger partial charge in [0.25, 0.3) is 0 Å². The highest BCUT2D eigenvalue weighted by molar-refractivity contribution is 8.04. The fourth-order valence-electron chi connectivity index (χ4n) is 8.79. The zero-order valence-electron chi connectivity index (χ0n) is 35.6. The van der Waals surface area contributed by atoms with Gasteiger partial charge in [-0.1, -0.05) is 202 Å². The summed E-state index contributed by atoms with van der Waals surface area (Å²) in [5.74, 6) is 0.754. The second-order valence-electron chi connectivity index (χ2n) is 18.3. The highest BCUT2D eigenvalue weighted by atomic mass is 32.2. The molecule has 0 heterocycles. The average Bonchev–Trinajstić information content (AvgIpc) is 3.24. The third kappa shape index (κ3) is 8.25. The molecular weight excluding hydrogens is 745 g/mol. The van der Waals surface area contributed by atoms with Crippen LogP contribution in [0, 0.1) is 0 Å². The number of phenols is 2. The van der Waals surface area contributed by atoms with E-state index in [1.807, 2.05) is 23.5 Å². The lowest BCUT2D eigenvalue weighted by Crippen LogP contribution is -2.26. The van der Waals surface area contributed by atoms with E-state index < -0.39 is 10.8 Å². The molecule has 2 nitrogen and oxygen atoms in total. The predicted molar refractivity (Wildman–Crippen MR) is 248 cm³/mol. The van der Waals surface area contributed by atoms with Crippen molar-refractivity contribution in [2.24, 2.45) is 0 Å². The number of rotatable bonds is 12. The highest BCUT2D eigenvalue weighted by Gasteiger charge is 2.37. The van der Waals surface area contributed by atoms with Crippen molar-refractivity contribution in [2.75, 3.05) is 0 Å². The molecule has 7 rings (SSSR count). The summed E-state index contributed by atoms with van der Waals surface area (Å²) in [6, 6.07) is 51.6. The summed E-state index contributed by atoms with van der Waals surface area (Å²) in [7, 11) is 0. The molecule has 0 aromatic heterocycles. The zero-order chi connectivity index (χ0) is 41.3. The molecule has 300 valence electrons. The Morgan fingerprint density at radius 3 is 0.948 bits per heavy atom. The van der Waals surface area contributed by atoms with Crippen LogP contribution in [0.25, 0.3) is 0 Å². The molecule has 0 aliphatic heterocycles. The minimum atomic E-state index is -0.427. The minimum Gasteiger partial charge on any atom is -0.506 e. The second-order valence-corrected chi connectivity index (χ2v) is 20.9. The Labute approximate surface area is 356 Å². The third-order valence-corrected chi connectivity index (χ3v) is 16.2. The van der Waals surface area contributed by atoms with Gasteiger partial charge in [0.05, 0.1) is 9.79 Å².